The lowest BCUT2D eigenvalue weighted by Gasteiger charge is -2.06. The van der Waals surface area contributed by atoms with Crippen LogP contribution in [0.25, 0.3) is 0 Å². The molecular formula is C6H12O3. The van der Waals surface area contributed by atoms with E-state index in [1.807, 2.05) is 0 Å². The highest BCUT2D eigenvalue weighted by Gasteiger charge is 2.15. The molecule has 1 rings (SSSR count). The molecule has 1 aliphatic rings. The van der Waals surface area contributed by atoms with Crippen LogP contribution in [-0.4, -0.2) is 26.4 Å². The smallest absolute Gasteiger partial charge is 0.108 e. The second kappa shape index (κ2) is 3.82. The van der Waals surface area contributed by atoms with Gasteiger partial charge in [0.15, 0.2) is 0 Å². The minimum Gasteiger partial charge on any atom is -0.376 e. The monoisotopic (exact) mass is 132 g/mol. The van der Waals surface area contributed by atoms with Crippen molar-refractivity contribution < 1.29 is 14.5 Å². The molecular weight excluding hydrogens is 120 g/mol. The summed E-state index contributed by atoms with van der Waals surface area (Å²) < 4.78 is 5.25. The van der Waals surface area contributed by atoms with Gasteiger partial charge in [-0.25, -0.2) is 9.78 Å². The minimum absolute atomic E-state index is 0.268. The van der Waals surface area contributed by atoms with Gasteiger partial charge in [-0.15, -0.1) is 0 Å². The second-order valence-corrected chi connectivity index (χ2v) is 2.09. The van der Waals surface area contributed by atoms with Gasteiger partial charge in [0.25, 0.3) is 0 Å². The van der Waals surface area contributed by atoms with Gasteiger partial charge in [-0.1, -0.05) is 0 Å². The van der Waals surface area contributed by atoms with Gasteiger partial charge in [-0.2, -0.15) is 0 Å². The third kappa shape index (κ3) is 2.30. The number of hydrogen-bond donors (Lipinski definition) is 0. The normalized spacial score (nSPS) is 27.0. The molecule has 0 radical (unpaired) electrons. The van der Waals surface area contributed by atoms with Gasteiger partial charge in [0.05, 0.1) is 13.2 Å². The standard InChI is InChI=1S/C6H12O3/c1-7-9-5-6-3-2-4-8-6/h6H,2-5H2,1H3. The zero-order chi connectivity index (χ0) is 6.53. The molecule has 3 nitrogen and oxygen atoms in total. The van der Waals surface area contributed by atoms with Gasteiger partial charge < -0.3 is 4.74 Å². The highest BCUT2D eigenvalue weighted by Crippen LogP contribution is 2.11. The summed E-state index contributed by atoms with van der Waals surface area (Å²) in [7, 11) is 1.51. The largest absolute Gasteiger partial charge is 0.376 e. The van der Waals surface area contributed by atoms with E-state index in [4.69, 9.17) is 9.62 Å². The second-order valence-electron chi connectivity index (χ2n) is 2.09. The molecule has 1 atom stereocenters. The van der Waals surface area contributed by atoms with Crippen LogP contribution < -0.4 is 0 Å². The van der Waals surface area contributed by atoms with Crippen molar-refractivity contribution >= 4 is 0 Å². The van der Waals surface area contributed by atoms with Crippen LogP contribution in [0.2, 0.25) is 0 Å². The summed E-state index contributed by atoms with van der Waals surface area (Å²) in [6, 6.07) is 0. The first-order chi connectivity index (χ1) is 4.43. The predicted molar refractivity (Wildman–Crippen MR) is 31.9 cm³/mol. The van der Waals surface area contributed by atoms with E-state index < -0.39 is 0 Å². The maximum absolute atomic E-state index is 5.25. The third-order valence-electron chi connectivity index (χ3n) is 1.40. The van der Waals surface area contributed by atoms with E-state index in [-0.39, 0.29) is 6.10 Å². The Morgan fingerprint density at radius 1 is 1.67 bits per heavy atom. The van der Waals surface area contributed by atoms with Gasteiger partial charge >= 0.3 is 0 Å². The highest BCUT2D eigenvalue weighted by molar-refractivity contribution is 4.62. The fourth-order valence-corrected chi connectivity index (χ4v) is 0.920. The topological polar surface area (TPSA) is 27.7 Å². The lowest BCUT2D eigenvalue weighted by Crippen LogP contribution is -2.13. The van der Waals surface area contributed by atoms with Gasteiger partial charge in [0.1, 0.15) is 6.61 Å². The van der Waals surface area contributed by atoms with Gasteiger partial charge in [0.2, 0.25) is 0 Å². The Labute approximate surface area is 54.8 Å². The zero-order valence-corrected chi connectivity index (χ0v) is 5.63. The van der Waals surface area contributed by atoms with E-state index in [0.29, 0.717) is 6.61 Å². The van der Waals surface area contributed by atoms with E-state index >= 15 is 0 Å². The van der Waals surface area contributed by atoms with Crippen molar-refractivity contribution in [2.24, 2.45) is 0 Å². The van der Waals surface area contributed by atoms with Crippen molar-refractivity contribution in [3.63, 3.8) is 0 Å². The average molecular weight is 132 g/mol. The van der Waals surface area contributed by atoms with Crippen molar-refractivity contribution in [2.75, 3.05) is 20.3 Å². The van der Waals surface area contributed by atoms with Crippen LogP contribution in [0.4, 0.5) is 0 Å². The minimum atomic E-state index is 0.268. The molecule has 0 aromatic heterocycles. The Kier molecular flexibility index (Phi) is 2.97. The molecule has 1 heterocycles. The molecule has 0 N–H and O–H groups in total. The first kappa shape index (κ1) is 6.99. The van der Waals surface area contributed by atoms with Crippen LogP contribution in [0.3, 0.4) is 0 Å². The predicted octanol–water partition coefficient (Wildman–Crippen LogP) is 0.743. The Balaban J connectivity index is 1.98. The van der Waals surface area contributed by atoms with E-state index in [1.165, 1.54) is 7.11 Å². The van der Waals surface area contributed by atoms with Gasteiger partial charge in [-0.05, 0) is 12.8 Å². The molecule has 0 bridgehead atoms. The highest BCUT2D eigenvalue weighted by atomic mass is 17.2. The van der Waals surface area contributed by atoms with Gasteiger partial charge in [-0.3, -0.25) is 0 Å². The Morgan fingerprint density at radius 2 is 2.56 bits per heavy atom. The first-order valence-electron chi connectivity index (χ1n) is 3.20. The fraction of sp³-hybridized carbons (Fsp3) is 1.00. The van der Waals surface area contributed by atoms with E-state index in [2.05, 4.69) is 4.89 Å². The fourth-order valence-electron chi connectivity index (χ4n) is 0.920. The molecule has 0 aromatic rings. The maximum Gasteiger partial charge on any atom is 0.108 e. The first-order valence-corrected chi connectivity index (χ1v) is 3.20. The maximum atomic E-state index is 5.25. The lowest BCUT2D eigenvalue weighted by atomic mass is 10.2. The summed E-state index contributed by atoms with van der Waals surface area (Å²) in [6.07, 6.45) is 2.52. The van der Waals surface area contributed by atoms with Crippen LogP contribution >= 0.6 is 0 Å². The zero-order valence-electron chi connectivity index (χ0n) is 5.63. The van der Waals surface area contributed by atoms with E-state index in [9.17, 15) is 0 Å². The molecule has 1 saturated heterocycles. The van der Waals surface area contributed by atoms with Crippen LogP contribution in [0.15, 0.2) is 0 Å². The molecule has 0 spiro atoms. The molecule has 3 heteroatoms. The van der Waals surface area contributed by atoms with Crippen molar-refractivity contribution in [3.8, 4) is 0 Å². The van der Waals surface area contributed by atoms with Crippen LogP contribution in [-0.2, 0) is 14.5 Å². The summed E-state index contributed by atoms with van der Waals surface area (Å²) in [5, 5.41) is 0. The quantitative estimate of drug-likeness (QED) is 0.419. The summed E-state index contributed by atoms with van der Waals surface area (Å²) in [5.41, 5.74) is 0. The summed E-state index contributed by atoms with van der Waals surface area (Å²) in [6.45, 7) is 1.44. The van der Waals surface area contributed by atoms with Crippen molar-refractivity contribution in [2.45, 2.75) is 18.9 Å². The van der Waals surface area contributed by atoms with E-state index in [0.717, 1.165) is 19.4 Å². The van der Waals surface area contributed by atoms with Crippen LogP contribution in [0.5, 0.6) is 0 Å². The van der Waals surface area contributed by atoms with Crippen LogP contribution in [0.1, 0.15) is 12.8 Å². The molecule has 1 aliphatic heterocycles. The average Bonchev–Trinajstić information content (AvgIpc) is 2.34. The summed E-state index contributed by atoms with van der Waals surface area (Å²) >= 11 is 0. The number of ether oxygens (including phenoxy) is 1. The molecule has 0 aromatic carbocycles. The summed E-state index contributed by atoms with van der Waals surface area (Å²) in [5.74, 6) is 0. The molecule has 0 aliphatic carbocycles. The van der Waals surface area contributed by atoms with Crippen molar-refractivity contribution in [1.82, 2.24) is 0 Å². The summed E-state index contributed by atoms with van der Waals surface area (Å²) in [4.78, 5) is 9.12. The number of hydrogen-bond acceptors (Lipinski definition) is 3. The Bertz CT molecular complexity index is 68.7. The van der Waals surface area contributed by atoms with Gasteiger partial charge in [0, 0.05) is 6.61 Å². The van der Waals surface area contributed by atoms with Crippen LogP contribution in [0, 0.1) is 0 Å². The molecule has 0 amide bonds. The molecule has 54 valence electrons. The Hall–Kier alpha value is -0.120. The van der Waals surface area contributed by atoms with E-state index in [1.54, 1.807) is 0 Å². The Morgan fingerprint density at radius 3 is 3.11 bits per heavy atom. The molecule has 0 saturated carbocycles. The molecule has 9 heavy (non-hydrogen) atoms. The van der Waals surface area contributed by atoms with Crippen molar-refractivity contribution in [1.29, 1.82) is 0 Å². The SMILES string of the molecule is COOCC1CCCO1. The lowest BCUT2D eigenvalue weighted by molar-refractivity contribution is -0.284. The molecule has 1 unspecified atom stereocenters. The molecule has 1 fully saturated rings. The van der Waals surface area contributed by atoms with Crippen molar-refractivity contribution in [3.05, 3.63) is 0 Å². The third-order valence-corrected chi connectivity index (χ3v) is 1.40. The number of rotatable bonds is 3.